The van der Waals surface area contributed by atoms with Gasteiger partial charge in [-0.2, -0.15) is 0 Å². The second-order valence-electron chi connectivity index (χ2n) is 8.95. The summed E-state index contributed by atoms with van der Waals surface area (Å²) in [4.78, 5) is 12.7. The predicted octanol–water partition coefficient (Wildman–Crippen LogP) is 5.24. The van der Waals surface area contributed by atoms with E-state index in [2.05, 4.69) is 20.8 Å². The highest BCUT2D eigenvalue weighted by atomic mass is 32.2. The van der Waals surface area contributed by atoms with Gasteiger partial charge in [-0.1, -0.05) is 51.1 Å². The zero-order valence-corrected chi connectivity index (χ0v) is 21.0. The second-order valence-corrected chi connectivity index (χ2v) is 15.6. The molecule has 1 spiro atoms. The first-order chi connectivity index (χ1) is 15.2. The maximum Gasteiger partial charge on any atom is 0.508 e. The number of methoxy groups -OCH3 is 1. The van der Waals surface area contributed by atoms with Crippen molar-refractivity contribution in [3.05, 3.63) is 53.5 Å². The van der Waals surface area contributed by atoms with Gasteiger partial charge in [0.25, 0.3) is 0 Å². The second kappa shape index (κ2) is 8.15. The average Bonchev–Trinajstić information content (AvgIpc) is 3.23. The van der Waals surface area contributed by atoms with Crippen LogP contribution in [0.1, 0.15) is 33.6 Å². The van der Waals surface area contributed by atoms with Gasteiger partial charge in [0.05, 0.1) is 27.9 Å². The molecule has 6 nitrogen and oxygen atoms in total. The Hall–Kier alpha value is -1.90. The quantitative estimate of drug-likeness (QED) is 0.290. The van der Waals surface area contributed by atoms with E-state index in [0.29, 0.717) is 11.3 Å². The van der Waals surface area contributed by atoms with Crippen LogP contribution in [-0.4, -0.2) is 41.7 Å². The van der Waals surface area contributed by atoms with Crippen LogP contribution in [0.3, 0.4) is 0 Å². The van der Waals surface area contributed by atoms with Gasteiger partial charge < -0.3 is 13.9 Å². The molecule has 1 aromatic carbocycles. The Morgan fingerprint density at radius 3 is 2.38 bits per heavy atom. The van der Waals surface area contributed by atoms with Crippen LogP contribution < -0.4 is 0 Å². The summed E-state index contributed by atoms with van der Waals surface area (Å²) in [6.07, 6.45) is 5.58. The van der Waals surface area contributed by atoms with Gasteiger partial charge in [0.2, 0.25) is 9.84 Å². The Balaban J connectivity index is 1.85. The predicted molar refractivity (Wildman–Crippen MR) is 124 cm³/mol. The third kappa shape index (κ3) is 3.06. The van der Waals surface area contributed by atoms with Gasteiger partial charge in [0, 0.05) is 0 Å². The van der Waals surface area contributed by atoms with E-state index in [4.69, 9.17) is 13.9 Å². The number of hydrogen-bond donors (Lipinski definition) is 0. The van der Waals surface area contributed by atoms with Crippen molar-refractivity contribution in [3.8, 4) is 0 Å². The number of carbonyl (C=O) groups is 1. The van der Waals surface area contributed by atoms with Crippen molar-refractivity contribution in [2.75, 3.05) is 7.11 Å². The van der Waals surface area contributed by atoms with Crippen LogP contribution in [0.4, 0.5) is 4.79 Å². The lowest BCUT2D eigenvalue weighted by Crippen LogP contribution is -2.61. The van der Waals surface area contributed by atoms with E-state index in [1.807, 2.05) is 18.2 Å². The molecular formula is C24H32O6SSi. The van der Waals surface area contributed by atoms with Crippen LogP contribution in [-0.2, 0) is 23.7 Å². The van der Waals surface area contributed by atoms with Gasteiger partial charge in [0.15, 0.2) is 8.32 Å². The Labute approximate surface area is 191 Å². The Morgan fingerprint density at radius 1 is 1.12 bits per heavy atom. The fourth-order valence-corrected chi connectivity index (χ4v) is 11.0. The fourth-order valence-electron chi connectivity index (χ4n) is 6.00. The van der Waals surface area contributed by atoms with Gasteiger partial charge in [-0.05, 0) is 55.1 Å². The molecule has 0 radical (unpaired) electrons. The van der Waals surface area contributed by atoms with E-state index in [0.717, 1.165) is 24.6 Å². The standard InChI is InChI=1S/C24H32O6SSi/c1-5-32(6-2,7-3)30-23-15-13-18-17-21(31(26,27)19-11-9-8-10-12-19)24(18,23)20(14-16-23)29-22(25)28-4/h8-12,14,16-18,20H,5-7,13,15H2,1-4H3/t18-,20-,23+,24+/m1/s1. The molecule has 0 unspecified atom stereocenters. The summed E-state index contributed by atoms with van der Waals surface area (Å²) in [5.41, 5.74) is -1.75. The molecule has 0 N–H and O–H groups in total. The van der Waals surface area contributed by atoms with Crippen molar-refractivity contribution < 1.29 is 27.1 Å². The van der Waals surface area contributed by atoms with Crippen molar-refractivity contribution >= 4 is 24.3 Å². The average molecular weight is 477 g/mol. The first-order valence-electron chi connectivity index (χ1n) is 11.4. The lowest BCUT2D eigenvalue weighted by atomic mass is 9.62. The smallest absolute Gasteiger partial charge is 0.438 e. The summed E-state index contributed by atoms with van der Waals surface area (Å²) in [6.45, 7) is 6.48. The minimum Gasteiger partial charge on any atom is -0.438 e. The summed E-state index contributed by atoms with van der Waals surface area (Å²) in [5.74, 6) is -0.0436. The molecule has 0 heterocycles. The number of ether oxygens (including phenoxy) is 2. The molecule has 0 bridgehead atoms. The van der Waals surface area contributed by atoms with Crippen molar-refractivity contribution in [1.29, 1.82) is 0 Å². The Kier molecular flexibility index (Phi) is 5.92. The Morgan fingerprint density at radius 2 is 1.78 bits per heavy atom. The summed E-state index contributed by atoms with van der Waals surface area (Å²) in [6, 6.07) is 11.3. The van der Waals surface area contributed by atoms with Crippen LogP contribution in [0.2, 0.25) is 18.1 Å². The summed E-state index contributed by atoms with van der Waals surface area (Å²) >= 11 is 0. The minimum absolute atomic E-state index is 0.0436. The van der Waals surface area contributed by atoms with E-state index in [1.165, 1.54) is 7.11 Å². The molecule has 3 aliphatic rings. The van der Waals surface area contributed by atoms with Crippen LogP contribution in [0, 0.1) is 11.3 Å². The highest BCUT2D eigenvalue weighted by molar-refractivity contribution is 7.95. The van der Waals surface area contributed by atoms with Gasteiger partial charge in [0.1, 0.15) is 6.10 Å². The van der Waals surface area contributed by atoms with Crippen LogP contribution >= 0.6 is 0 Å². The topological polar surface area (TPSA) is 78.9 Å². The number of sulfone groups is 1. The van der Waals surface area contributed by atoms with E-state index >= 15 is 0 Å². The van der Waals surface area contributed by atoms with Crippen molar-refractivity contribution in [2.45, 2.75) is 68.3 Å². The molecule has 174 valence electrons. The van der Waals surface area contributed by atoms with E-state index in [1.54, 1.807) is 30.3 Å². The van der Waals surface area contributed by atoms with Gasteiger partial charge >= 0.3 is 6.16 Å². The SMILES string of the molecule is CC[Si](CC)(CC)O[C@@]12C=C[C@@H](OC(=O)OC)[C@@]13C(S(=O)(=O)c1ccccc1)=C[C@H]3CC2. The molecule has 3 aliphatic carbocycles. The zero-order valence-electron chi connectivity index (χ0n) is 19.2. The molecular weight excluding hydrogens is 444 g/mol. The van der Waals surface area contributed by atoms with Crippen molar-refractivity contribution in [2.24, 2.45) is 11.3 Å². The summed E-state index contributed by atoms with van der Waals surface area (Å²) in [5, 5.41) is 0. The first kappa shape index (κ1) is 23.3. The molecule has 0 amide bonds. The number of benzene rings is 1. The number of hydrogen-bond acceptors (Lipinski definition) is 6. The Bertz CT molecular complexity index is 1040. The maximum atomic E-state index is 13.8. The zero-order chi connectivity index (χ0) is 23.2. The van der Waals surface area contributed by atoms with E-state index < -0.39 is 41.4 Å². The van der Waals surface area contributed by atoms with Crippen molar-refractivity contribution in [1.82, 2.24) is 0 Å². The number of carbonyl (C=O) groups excluding carboxylic acids is 1. The van der Waals surface area contributed by atoms with E-state index in [-0.39, 0.29) is 10.8 Å². The number of rotatable bonds is 8. The third-order valence-electron chi connectivity index (χ3n) is 7.93. The van der Waals surface area contributed by atoms with Crippen LogP contribution in [0.5, 0.6) is 0 Å². The molecule has 8 heteroatoms. The van der Waals surface area contributed by atoms with Crippen molar-refractivity contribution in [3.63, 3.8) is 0 Å². The van der Waals surface area contributed by atoms with Gasteiger partial charge in [-0.25, -0.2) is 13.2 Å². The first-order valence-corrected chi connectivity index (χ1v) is 15.4. The molecule has 1 fully saturated rings. The normalized spacial score (nSPS) is 30.8. The lowest BCUT2D eigenvalue weighted by Gasteiger charge is -2.54. The van der Waals surface area contributed by atoms with Gasteiger partial charge in [-0.3, -0.25) is 0 Å². The molecule has 0 aromatic heterocycles. The molecule has 0 aliphatic heterocycles. The third-order valence-corrected chi connectivity index (χ3v) is 14.5. The van der Waals surface area contributed by atoms with E-state index in [9.17, 15) is 13.2 Å². The van der Waals surface area contributed by atoms with Crippen LogP contribution in [0.15, 0.2) is 58.4 Å². The monoisotopic (exact) mass is 476 g/mol. The maximum absolute atomic E-state index is 13.8. The number of allylic oxidation sites excluding steroid dienone is 1. The molecule has 1 aromatic rings. The summed E-state index contributed by atoms with van der Waals surface area (Å²) < 4.78 is 45.2. The molecule has 0 saturated heterocycles. The lowest BCUT2D eigenvalue weighted by molar-refractivity contribution is -0.0666. The highest BCUT2D eigenvalue weighted by Gasteiger charge is 2.75. The minimum atomic E-state index is -3.78. The largest absolute Gasteiger partial charge is 0.508 e. The molecule has 32 heavy (non-hydrogen) atoms. The molecule has 1 saturated carbocycles. The van der Waals surface area contributed by atoms with Crippen LogP contribution in [0.25, 0.3) is 0 Å². The fraction of sp³-hybridized carbons (Fsp3) is 0.542. The molecule has 4 rings (SSSR count). The van der Waals surface area contributed by atoms with Gasteiger partial charge in [-0.15, -0.1) is 0 Å². The molecule has 4 atom stereocenters. The highest BCUT2D eigenvalue weighted by Crippen LogP contribution is 2.71. The summed E-state index contributed by atoms with van der Waals surface area (Å²) in [7, 11) is -4.64.